The average Bonchev–Trinajstić information content (AvgIpc) is 3.11. The van der Waals surface area contributed by atoms with E-state index in [-0.39, 0.29) is 5.91 Å². The number of amides is 1. The molecular weight excluding hydrogens is 332 g/mol. The van der Waals surface area contributed by atoms with Crippen molar-refractivity contribution in [2.24, 2.45) is 0 Å². The van der Waals surface area contributed by atoms with E-state index < -0.39 is 0 Å². The molecule has 1 aliphatic carbocycles. The van der Waals surface area contributed by atoms with Gasteiger partial charge in [0.2, 0.25) is 0 Å². The molecule has 2 aromatic rings. The van der Waals surface area contributed by atoms with Crippen molar-refractivity contribution < 1.29 is 9.21 Å². The monoisotopic (exact) mass is 350 g/mol. The Morgan fingerprint density at radius 2 is 2.14 bits per heavy atom. The Bertz CT molecular complexity index is 683. The van der Waals surface area contributed by atoms with Crippen molar-refractivity contribution >= 4 is 21.8 Å². The average molecular weight is 351 g/mol. The lowest BCUT2D eigenvalue weighted by Crippen LogP contribution is -2.26. The van der Waals surface area contributed by atoms with E-state index in [0.717, 1.165) is 17.0 Å². The van der Waals surface area contributed by atoms with Gasteiger partial charge in [0.05, 0.1) is 12.1 Å². The summed E-state index contributed by atoms with van der Waals surface area (Å²) in [6.07, 6.45) is 2.44. The quantitative estimate of drug-likeness (QED) is 0.833. The number of aryl methyl sites for hydroxylation is 1. The van der Waals surface area contributed by atoms with Crippen molar-refractivity contribution in [1.29, 1.82) is 0 Å². The van der Waals surface area contributed by atoms with Crippen molar-refractivity contribution in [2.45, 2.75) is 39.3 Å². The fraction of sp³-hybridized carbons (Fsp3) is 0.438. The van der Waals surface area contributed by atoms with Crippen molar-refractivity contribution in [1.82, 2.24) is 9.47 Å². The van der Waals surface area contributed by atoms with Gasteiger partial charge in [0.25, 0.3) is 5.91 Å². The van der Waals surface area contributed by atoms with Gasteiger partial charge in [0.15, 0.2) is 4.67 Å². The molecule has 0 bridgehead atoms. The lowest BCUT2D eigenvalue weighted by atomic mass is 10.2. The summed E-state index contributed by atoms with van der Waals surface area (Å²) >= 11 is 3.28. The molecule has 0 spiro atoms. The number of nitrogens with zero attached hydrogens (tertiary/aromatic N) is 2. The molecule has 1 aliphatic rings. The molecule has 0 saturated heterocycles. The third-order valence-electron chi connectivity index (χ3n) is 4.00. The Labute approximate surface area is 132 Å². The van der Waals surface area contributed by atoms with Gasteiger partial charge in [-0.25, -0.2) is 0 Å². The summed E-state index contributed by atoms with van der Waals surface area (Å²) in [5.41, 5.74) is 3.05. The Morgan fingerprint density at radius 1 is 1.43 bits per heavy atom. The van der Waals surface area contributed by atoms with Crippen LogP contribution in [0, 0.1) is 13.8 Å². The first kappa shape index (κ1) is 14.4. The molecule has 2 aromatic heterocycles. The minimum atomic E-state index is 0.0440. The maximum Gasteiger partial charge on any atom is 0.255 e. The van der Waals surface area contributed by atoms with E-state index in [1.54, 1.807) is 4.90 Å². The largest absolute Gasteiger partial charge is 0.452 e. The van der Waals surface area contributed by atoms with Crippen LogP contribution in [-0.2, 0) is 6.54 Å². The van der Waals surface area contributed by atoms with Crippen molar-refractivity contribution in [3.05, 3.63) is 45.6 Å². The van der Waals surface area contributed by atoms with Crippen LogP contribution in [0.15, 0.2) is 27.3 Å². The molecule has 112 valence electrons. The highest BCUT2D eigenvalue weighted by atomic mass is 79.9. The highest BCUT2D eigenvalue weighted by Gasteiger charge is 2.29. The van der Waals surface area contributed by atoms with Crippen LogP contribution in [0.4, 0.5) is 0 Å². The maximum absolute atomic E-state index is 12.6. The number of hydrogen-bond donors (Lipinski definition) is 0. The number of aromatic nitrogens is 1. The zero-order valence-corrected chi connectivity index (χ0v) is 14.1. The standard InChI is InChI=1S/C16H19BrN2O2/c1-10-8-14(11(2)19(10)12-4-5-12)16(20)18(3)9-13-6-7-15(17)21-13/h6-8,12H,4-5,9H2,1-3H3. The predicted molar refractivity (Wildman–Crippen MR) is 84.4 cm³/mol. The van der Waals surface area contributed by atoms with Gasteiger partial charge in [-0.15, -0.1) is 0 Å². The van der Waals surface area contributed by atoms with Crippen LogP contribution in [-0.4, -0.2) is 22.4 Å². The van der Waals surface area contributed by atoms with Crippen LogP contribution in [0.25, 0.3) is 0 Å². The second-order valence-corrected chi connectivity index (χ2v) is 6.53. The van der Waals surface area contributed by atoms with Crippen LogP contribution >= 0.6 is 15.9 Å². The summed E-state index contributed by atoms with van der Waals surface area (Å²) in [5.74, 6) is 0.816. The fourth-order valence-corrected chi connectivity index (χ4v) is 3.18. The Kier molecular flexibility index (Phi) is 3.69. The Balaban J connectivity index is 1.79. The molecule has 3 rings (SSSR count). The number of carbonyl (C=O) groups excluding carboxylic acids is 1. The van der Waals surface area contributed by atoms with Gasteiger partial charge < -0.3 is 13.9 Å². The summed E-state index contributed by atoms with van der Waals surface area (Å²) in [4.78, 5) is 14.3. The highest BCUT2D eigenvalue weighted by molar-refractivity contribution is 9.10. The topological polar surface area (TPSA) is 38.4 Å². The van der Waals surface area contributed by atoms with Gasteiger partial charge in [-0.05, 0) is 60.8 Å². The highest BCUT2D eigenvalue weighted by Crippen LogP contribution is 2.38. The van der Waals surface area contributed by atoms with E-state index >= 15 is 0 Å². The smallest absolute Gasteiger partial charge is 0.255 e. The molecule has 0 radical (unpaired) electrons. The summed E-state index contributed by atoms with van der Waals surface area (Å²) in [5, 5.41) is 0. The third kappa shape index (κ3) is 2.79. The number of carbonyl (C=O) groups is 1. The molecular formula is C16H19BrN2O2. The predicted octanol–water partition coefficient (Wildman–Crippen LogP) is 4.07. The van der Waals surface area contributed by atoms with E-state index in [1.165, 1.54) is 18.5 Å². The van der Waals surface area contributed by atoms with Crippen molar-refractivity contribution in [2.75, 3.05) is 7.05 Å². The zero-order valence-electron chi connectivity index (χ0n) is 12.5. The summed E-state index contributed by atoms with van der Waals surface area (Å²) < 4.78 is 8.45. The molecule has 21 heavy (non-hydrogen) atoms. The number of rotatable bonds is 4. The van der Waals surface area contributed by atoms with Crippen LogP contribution in [0.2, 0.25) is 0 Å². The molecule has 0 atom stereocenters. The lowest BCUT2D eigenvalue weighted by molar-refractivity contribution is 0.0774. The second kappa shape index (κ2) is 5.37. The number of halogens is 1. The second-order valence-electron chi connectivity index (χ2n) is 5.75. The van der Waals surface area contributed by atoms with Crippen molar-refractivity contribution in [3.8, 4) is 0 Å². The Hall–Kier alpha value is -1.49. The molecule has 5 heteroatoms. The van der Waals surface area contributed by atoms with Crippen LogP contribution in [0.1, 0.15) is 46.4 Å². The van der Waals surface area contributed by atoms with Gasteiger partial charge in [-0.1, -0.05) is 0 Å². The number of hydrogen-bond acceptors (Lipinski definition) is 2. The van der Waals surface area contributed by atoms with Gasteiger partial charge in [-0.3, -0.25) is 4.79 Å². The van der Waals surface area contributed by atoms with E-state index in [9.17, 15) is 4.79 Å². The molecule has 2 heterocycles. The first-order valence-corrected chi connectivity index (χ1v) is 7.94. The Morgan fingerprint density at radius 3 is 2.71 bits per heavy atom. The minimum absolute atomic E-state index is 0.0440. The van der Waals surface area contributed by atoms with Crippen LogP contribution in [0.3, 0.4) is 0 Å². The van der Waals surface area contributed by atoms with Crippen LogP contribution < -0.4 is 0 Å². The first-order chi connectivity index (χ1) is 9.97. The van der Waals surface area contributed by atoms with E-state index in [2.05, 4.69) is 27.4 Å². The molecule has 4 nitrogen and oxygen atoms in total. The van der Waals surface area contributed by atoms with E-state index in [1.807, 2.05) is 32.2 Å². The molecule has 0 aromatic carbocycles. The lowest BCUT2D eigenvalue weighted by Gasteiger charge is -2.16. The normalized spacial score (nSPS) is 14.5. The molecule has 0 N–H and O–H groups in total. The van der Waals surface area contributed by atoms with E-state index in [4.69, 9.17) is 4.42 Å². The first-order valence-electron chi connectivity index (χ1n) is 7.15. The SMILES string of the molecule is Cc1cc(C(=O)N(C)Cc2ccc(Br)o2)c(C)n1C1CC1. The third-order valence-corrected chi connectivity index (χ3v) is 4.42. The van der Waals surface area contributed by atoms with Crippen molar-refractivity contribution in [3.63, 3.8) is 0 Å². The number of furan rings is 1. The molecule has 0 aliphatic heterocycles. The van der Waals surface area contributed by atoms with Gasteiger partial charge >= 0.3 is 0 Å². The van der Waals surface area contributed by atoms with Gasteiger partial charge in [0, 0.05) is 24.5 Å². The van der Waals surface area contributed by atoms with Gasteiger partial charge in [-0.2, -0.15) is 0 Å². The minimum Gasteiger partial charge on any atom is -0.452 e. The van der Waals surface area contributed by atoms with E-state index in [0.29, 0.717) is 17.3 Å². The zero-order chi connectivity index (χ0) is 15.1. The summed E-state index contributed by atoms with van der Waals surface area (Å²) in [6, 6.07) is 6.32. The van der Waals surface area contributed by atoms with Crippen LogP contribution in [0.5, 0.6) is 0 Å². The fourth-order valence-electron chi connectivity index (χ4n) is 2.84. The summed E-state index contributed by atoms with van der Waals surface area (Å²) in [7, 11) is 1.81. The molecule has 1 amide bonds. The molecule has 1 saturated carbocycles. The van der Waals surface area contributed by atoms with Gasteiger partial charge in [0.1, 0.15) is 5.76 Å². The molecule has 1 fully saturated rings. The maximum atomic E-state index is 12.6. The molecule has 0 unspecified atom stereocenters. The summed E-state index contributed by atoms with van der Waals surface area (Å²) in [6.45, 7) is 4.58.